The van der Waals surface area contributed by atoms with Gasteiger partial charge in [-0.15, -0.1) is 0 Å². The van der Waals surface area contributed by atoms with E-state index < -0.39 is 20.2 Å². The molecule has 4 saturated carbocycles. The van der Waals surface area contributed by atoms with Crippen LogP contribution in [0.5, 0.6) is 0 Å². The Morgan fingerprint density at radius 2 is 1.25 bits per heavy atom. The lowest BCUT2D eigenvalue weighted by atomic mass is 9.71. The van der Waals surface area contributed by atoms with E-state index in [-0.39, 0.29) is 23.7 Å². The van der Waals surface area contributed by atoms with Crippen molar-refractivity contribution in [1.29, 1.82) is 0 Å². The summed E-state index contributed by atoms with van der Waals surface area (Å²) in [6.45, 7) is 1.40. The van der Waals surface area contributed by atoms with Crippen LogP contribution in [0.1, 0.15) is 128 Å². The van der Waals surface area contributed by atoms with Gasteiger partial charge in [0.2, 0.25) is 0 Å². The smallest absolute Gasteiger partial charge is 0.363 e. The Bertz CT molecular complexity index is 1490. The molecular formula is C39H63N2O8S2+. The average molecular weight is 752 g/mol. The number of rotatable bonds is 15. The van der Waals surface area contributed by atoms with Crippen LogP contribution >= 0.6 is 0 Å². The van der Waals surface area contributed by atoms with E-state index in [9.17, 15) is 25.9 Å². The highest BCUT2D eigenvalue weighted by Gasteiger charge is 2.48. The van der Waals surface area contributed by atoms with Crippen molar-refractivity contribution in [3.63, 3.8) is 0 Å². The molecule has 2 N–H and O–H groups in total. The molecule has 0 spiro atoms. The Labute approximate surface area is 307 Å². The van der Waals surface area contributed by atoms with Crippen LogP contribution in [-0.4, -0.2) is 90.2 Å². The molecule has 0 radical (unpaired) electrons. The second kappa shape index (κ2) is 18.0. The van der Waals surface area contributed by atoms with Crippen LogP contribution in [-0.2, 0) is 29.7 Å². The fourth-order valence-electron chi connectivity index (χ4n) is 10.4. The van der Waals surface area contributed by atoms with E-state index >= 15 is 0 Å². The van der Waals surface area contributed by atoms with Gasteiger partial charge in [0.1, 0.15) is 12.6 Å². The summed E-state index contributed by atoms with van der Waals surface area (Å²) in [6.07, 6.45) is 32.7. The Balaban J connectivity index is 1.13. The summed E-state index contributed by atoms with van der Waals surface area (Å²) in [7, 11) is -7.95. The number of hydrogen-bond donors (Lipinski definition) is 2. The molecule has 4 aliphatic carbocycles. The highest BCUT2D eigenvalue weighted by molar-refractivity contribution is 7.86. The molecule has 0 aromatic heterocycles. The molecule has 12 heteroatoms. The third-order valence-corrected chi connectivity index (χ3v) is 14.5. The monoisotopic (exact) mass is 751 g/mol. The number of ether oxygens (including phenoxy) is 2. The van der Waals surface area contributed by atoms with Crippen molar-refractivity contribution in [3.05, 3.63) is 36.3 Å². The fraction of sp³-hybridized carbons (Fsp3) is 0.821. The van der Waals surface area contributed by atoms with Crippen molar-refractivity contribution in [3.8, 4) is 0 Å². The number of allylic oxidation sites excluding steroid dienone is 4. The number of hydrogen-bond acceptors (Lipinski definition) is 7. The Kier molecular flexibility index (Phi) is 13.7. The van der Waals surface area contributed by atoms with E-state index in [1.807, 2.05) is 30.4 Å². The minimum absolute atomic E-state index is 0.152. The molecule has 51 heavy (non-hydrogen) atoms. The van der Waals surface area contributed by atoms with Gasteiger partial charge in [0.25, 0.3) is 20.2 Å². The van der Waals surface area contributed by atoms with Crippen LogP contribution in [0, 0.1) is 23.7 Å². The Hall–Kier alpha value is -1.89. The summed E-state index contributed by atoms with van der Waals surface area (Å²) in [5.74, 6) is 4.30. The van der Waals surface area contributed by atoms with Crippen LogP contribution in [0.25, 0.3) is 0 Å². The van der Waals surface area contributed by atoms with Gasteiger partial charge in [-0.3, -0.25) is 9.11 Å². The molecule has 6 unspecified atom stereocenters. The average Bonchev–Trinajstić information content (AvgIpc) is 3.64. The summed E-state index contributed by atoms with van der Waals surface area (Å²) < 4.78 is 79.4. The van der Waals surface area contributed by atoms with Gasteiger partial charge in [-0.2, -0.15) is 21.4 Å². The largest absolute Gasteiger partial charge is 0.474 e. The van der Waals surface area contributed by atoms with Gasteiger partial charge in [0.15, 0.2) is 18.0 Å². The van der Waals surface area contributed by atoms with E-state index in [1.54, 1.807) is 0 Å². The van der Waals surface area contributed by atoms with Crippen LogP contribution < -0.4 is 0 Å². The maximum absolute atomic E-state index is 11.4. The molecule has 2 heterocycles. The first-order valence-corrected chi connectivity index (χ1v) is 23.4. The second-order valence-corrected chi connectivity index (χ2v) is 19.5. The summed E-state index contributed by atoms with van der Waals surface area (Å²) in [6, 6.07) is 0.591. The molecule has 0 aromatic rings. The topological polar surface area (TPSA) is 133 Å². The third kappa shape index (κ3) is 11.1. The fourth-order valence-corrected chi connectivity index (χ4v) is 11.5. The van der Waals surface area contributed by atoms with Gasteiger partial charge in [0.05, 0.1) is 17.5 Å². The number of fused-ring (bicyclic) bond motifs is 2. The molecule has 288 valence electrons. The van der Waals surface area contributed by atoms with E-state index in [0.29, 0.717) is 62.7 Å². The standard InChI is InChI=1S/C39H62N2O8S2/c42-50(43,44)26-12-10-24-40-34-28-32(30-14-4-1-5-15-30)20-22-36(34)48-38(40)18-8-3-9-19-39-41(25-11-13-27-51(45,46)47)35-29-33(21-23-37(35)49-39)31-16-6-2-7-17-31/h3,8-9,18-19,30-37H,1-2,4-7,10-17,20-29H2,(H-,42,43,44,45,46,47)/p+1. The van der Waals surface area contributed by atoms with Crippen molar-refractivity contribution in [2.24, 2.45) is 23.7 Å². The van der Waals surface area contributed by atoms with Crippen molar-refractivity contribution in [2.75, 3.05) is 24.6 Å². The third-order valence-electron chi connectivity index (χ3n) is 12.9. The van der Waals surface area contributed by atoms with Crippen LogP contribution in [0.3, 0.4) is 0 Å². The quantitative estimate of drug-likeness (QED) is 0.0767. The molecule has 10 nitrogen and oxygen atoms in total. The van der Waals surface area contributed by atoms with Crippen LogP contribution in [0.2, 0.25) is 0 Å². The lowest BCUT2D eigenvalue weighted by Crippen LogP contribution is -2.42. The number of nitrogens with zero attached hydrogens (tertiary/aromatic N) is 2. The minimum atomic E-state index is -3.97. The zero-order valence-electron chi connectivity index (χ0n) is 30.5. The molecule has 5 fully saturated rings. The van der Waals surface area contributed by atoms with Crippen molar-refractivity contribution in [2.45, 2.75) is 153 Å². The molecular weight excluding hydrogens is 689 g/mol. The van der Waals surface area contributed by atoms with E-state index in [2.05, 4.69) is 9.48 Å². The maximum atomic E-state index is 11.4. The van der Waals surface area contributed by atoms with Crippen molar-refractivity contribution < 1.29 is 40.0 Å². The van der Waals surface area contributed by atoms with Crippen molar-refractivity contribution >= 4 is 26.1 Å². The molecule has 0 aromatic carbocycles. The van der Waals surface area contributed by atoms with Crippen LogP contribution in [0.15, 0.2) is 36.3 Å². The highest BCUT2D eigenvalue weighted by Crippen LogP contribution is 2.45. The summed E-state index contributed by atoms with van der Waals surface area (Å²) >= 11 is 0. The normalized spacial score (nSPS) is 32.1. The first-order chi connectivity index (χ1) is 24.5. The second-order valence-electron chi connectivity index (χ2n) is 16.3. The van der Waals surface area contributed by atoms with Gasteiger partial charge >= 0.3 is 5.90 Å². The first-order valence-electron chi connectivity index (χ1n) is 20.2. The molecule has 0 amide bonds. The van der Waals surface area contributed by atoms with E-state index in [1.165, 1.54) is 77.0 Å². The number of unbranched alkanes of at least 4 members (excludes halogenated alkanes) is 2. The summed E-state index contributed by atoms with van der Waals surface area (Å²) in [5.41, 5.74) is 0. The van der Waals surface area contributed by atoms with Crippen LogP contribution in [0.4, 0.5) is 0 Å². The minimum Gasteiger partial charge on any atom is -0.474 e. The van der Waals surface area contributed by atoms with E-state index in [0.717, 1.165) is 49.3 Å². The predicted molar refractivity (Wildman–Crippen MR) is 200 cm³/mol. The predicted octanol–water partition coefficient (Wildman–Crippen LogP) is 7.28. The van der Waals surface area contributed by atoms with Gasteiger partial charge in [0, 0.05) is 25.5 Å². The zero-order chi connectivity index (χ0) is 35.8. The van der Waals surface area contributed by atoms with Crippen molar-refractivity contribution in [1.82, 2.24) is 4.90 Å². The SMILES string of the molecule is O=S(=O)(O)CCCCN1C(=CC=CC=CC2=[N+](CCCCS(=O)(=O)O)C3CC(C4CCCCC4)CCC3O2)OC2CCC(C3CCCCC3)CC21. The summed E-state index contributed by atoms with van der Waals surface area (Å²) in [5, 5.41) is 0. The van der Waals surface area contributed by atoms with Gasteiger partial charge in [-0.05, 0) is 81.1 Å². The molecule has 6 rings (SSSR count). The van der Waals surface area contributed by atoms with Gasteiger partial charge in [-0.1, -0.05) is 82.4 Å². The van der Waals surface area contributed by atoms with E-state index in [4.69, 9.17) is 9.47 Å². The molecule has 6 atom stereocenters. The van der Waals surface area contributed by atoms with Gasteiger partial charge in [-0.25, -0.2) is 0 Å². The lowest BCUT2D eigenvalue weighted by Gasteiger charge is -2.39. The molecule has 2 aliphatic heterocycles. The van der Waals surface area contributed by atoms with Gasteiger partial charge < -0.3 is 14.4 Å². The molecule has 6 aliphatic rings. The molecule has 0 bridgehead atoms. The maximum Gasteiger partial charge on any atom is 0.363 e. The first kappa shape index (κ1) is 38.8. The summed E-state index contributed by atoms with van der Waals surface area (Å²) in [4.78, 5) is 2.36. The lowest BCUT2D eigenvalue weighted by molar-refractivity contribution is -0.564. The zero-order valence-corrected chi connectivity index (χ0v) is 32.2. The Morgan fingerprint density at radius 1 is 0.647 bits per heavy atom. The molecule has 1 saturated heterocycles. The Morgan fingerprint density at radius 3 is 1.90 bits per heavy atom. The highest BCUT2D eigenvalue weighted by atomic mass is 32.2.